The highest BCUT2D eigenvalue weighted by Crippen LogP contribution is 2.21. The van der Waals surface area contributed by atoms with Gasteiger partial charge in [-0.25, -0.2) is 0 Å². The maximum atomic E-state index is 12.1. The van der Waals surface area contributed by atoms with Crippen LogP contribution < -0.4 is 5.32 Å². The third kappa shape index (κ3) is 6.39. The normalized spacial score (nSPS) is 18.7. The van der Waals surface area contributed by atoms with E-state index in [1.807, 2.05) is 18.2 Å². The first-order valence-electron chi connectivity index (χ1n) is 7.66. The van der Waals surface area contributed by atoms with E-state index in [1.165, 1.54) is 0 Å². The average Bonchev–Trinajstić information content (AvgIpc) is 2.81. The minimum absolute atomic E-state index is 0.0384. The van der Waals surface area contributed by atoms with Gasteiger partial charge in [0.1, 0.15) is 0 Å². The number of halogens is 4. The van der Waals surface area contributed by atoms with Crippen LogP contribution in [0.3, 0.4) is 0 Å². The lowest BCUT2D eigenvalue weighted by Gasteiger charge is -2.17. The maximum absolute atomic E-state index is 12.1. The zero-order valence-electron chi connectivity index (χ0n) is 12.7. The van der Waals surface area contributed by atoms with Crippen LogP contribution >= 0.6 is 11.6 Å². The molecule has 1 aliphatic rings. The second-order valence-corrected chi connectivity index (χ2v) is 6.23. The summed E-state index contributed by atoms with van der Waals surface area (Å²) >= 11 is 5.92. The van der Waals surface area contributed by atoms with Crippen LogP contribution in [0.5, 0.6) is 0 Å². The van der Waals surface area contributed by atoms with Gasteiger partial charge in [-0.05, 0) is 37.1 Å². The van der Waals surface area contributed by atoms with Gasteiger partial charge in [0, 0.05) is 37.0 Å². The second kappa shape index (κ2) is 8.02. The Kier molecular flexibility index (Phi) is 6.30. The number of amides is 1. The largest absolute Gasteiger partial charge is 0.389 e. The van der Waals surface area contributed by atoms with E-state index in [-0.39, 0.29) is 24.9 Å². The first-order chi connectivity index (χ1) is 10.8. The van der Waals surface area contributed by atoms with Crippen molar-refractivity contribution >= 4 is 17.5 Å². The number of nitrogens with zero attached hydrogens (tertiary/aromatic N) is 1. The quantitative estimate of drug-likeness (QED) is 0.766. The predicted octanol–water partition coefficient (Wildman–Crippen LogP) is 3.42. The lowest BCUT2D eigenvalue weighted by Crippen LogP contribution is -2.34. The van der Waals surface area contributed by atoms with Crippen molar-refractivity contribution in [3.05, 3.63) is 34.9 Å². The van der Waals surface area contributed by atoms with E-state index in [0.717, 1.165) is 5.56 Å². The molecular weight excluding hydrogens is 329 g/mol. The Morgan fingerprint density at radius 2 is 2.13 bits per heavy atom. The van der Waals surface area contributed by atoms with Crippen molar-refractivity contribution in [1.29, 1.82) is 0 Å². The van der Waals surface area contributed by atoms with Gasteiger partial charge in [-0.3, -0.25) is 4.79 Å². The maximum Gasteiger partial charge on any atom is 0.389 e. The van der Waals surface area contributed by atoms with Gasteiger partial charge in [0.15, 0.2) is 0 Å². The summed E-state index contributed by atoms with van der Waals surface area (Å²) < 4.78 is 36.2. The number of hydrogen-bond acceptors (Lipinski definition) is 2. The van der Waals surface area contributed by atoms with E-state index in [9.17, 15) is 18.0 Å². The highest BCUT2D eigenvalue weighted by Gasteiger charge is 2.29. The number of carbonyl (C=O) groups is 1. The summed E-state index contributed by atoms with van der Waals surface area (Å²) in [6.07, 6.45) is -3.80. The summed E-state index contributed by atoms with van der Waals surface area (Å²) in [6.45, 7) is 1.42. The summed E-state index contributed by atoms with van der Waals surface area (Å²) in [7, 11) is 0. The molecule has 7 heteroatoms. The van der Waals surface area contributed by atoms with Crippen LogP contribution in [0.25, 0.3) is 0 Å². The second-order valence-electron chi connectivity index (χ2n) is 5.79. The number of rotatable bonds is 7. The Morgan fingerprint density at radius 1 is 1.35 bits per heavy atom. The van der Waals surface area contributed by atoms with Crippen LogP contribution in [-0.2, 0) is 11.2 Å². The molecule has 0 spiro atoms. The number of carbonyl (C=O) groups excluding carboxylic acids is 1. The van der Waals surface area contributed by atoms with Crippen LogP contribution in [-0.4, -0.2) is 42.7 Å². The first-order valence-corrected chi connectivity index (χ1v) is 8.03. The van der Waals surface area contributed by atoms with Gasteiger partial charge in [-0.15, -0.1) is 0 Å². The van der Waals surface area contributed by atoms with E-state index in [0.29, 0.717) is 31.0 Å². The number of nitrogens with one attached hydrogen (secondary N) is 1. The average molecular weight is 349 g/mol. The molecule has 128 valence electrons. The Balaban J connectivity index is 1.70. The van der Waals surface area contributed by atoms with Gasteiger partial charge in [0.2, 0.25) is 5.91 Å². The molecule has 1 N–H and O–H groups in total. The number of benzene rings is 1. The predicted molar refractivity (Wildman–Crippen MR) is 83.4 cm³/mol. The molecule has 1 saturated heterocycles. The van der Waals surface area contributed by atoms with Crippen molar-refractivity contribution in [3.63, 3.8) is 0 Å². The van der Waals surface area contributed by atoms with Crippen molar-refractivity contribution in [2.24, 2.45) is 0 Å². The molecule has 0 aromatic heterocycles. The Labute approximate surface area is 138 Å². The first kappa shape index (κ1) is 18.1. The lowest BCUT2D eigenvalue weighted by molar-refractivity contribution is -0.135. The van der Waals surface area contributed by atoms with Gasteiger partial charge in [0.05, 0.1) is 0 Å². The third-order valence-corrected chi connectivity index (χ3v) is 4.08. The van der Waals surface area contributed by atoms with Gasteiger partial charge in [-0.1, -0.05) is 23.7 Å². The van der Waals surface area contributed by atoms with Crippen molar-refractivity contribution in [2.45, 2.75) is 37.9 Å². The lowest BCUT2D eigenvalue weighted by atomic mass is 10.1. The van der Waals surface area contributed by atoms with E-state index in [2.05, 4.69) is 5.32 Å². The summed E-state index contributed by atoms with van der Waals surface area (Å²) in [5.74, 6) is 0.0420. The van der Waals surface area contributed by atoms with Gasteiger partial charge >= 0.3 is 6.18 Å². The third-order valence-electron chi connectivity index (χ3n) is 3.84. The van der Waals surface area contributed by atoms with E-state index in [4.69, 9.17) is 11.6 Å². The molecule has 23 heavy (non-hydrogen) atoms. The molecule has 0 radical (unpaired) electrons. The summed E-state index contributed by atoms with van der Waals surface area (Å²) in [5, 5.41) is 3.70. The molecule has 1 amide bonds. The van der Waals surface area contributed by atoms with Crippen LogP contribution in [0.15, 0.2) is 24.3 Å². The molecule has 2 rings (SSSR count). The molecule has 1 atom stereocenters. The van der Waals surface area contributed by atoms with E-state index in [1.54, 1.807) is 11.0 Å². The molecular formula is C16H20ClF3N2O. The van der Waals surface area contributed by atoms with Crippen LogP contribution in [0, 0.1) is 0 Å². The standard InChI is InChI=1S/C16H20ClF3N2O/c17-13-4-1-3-12(9-13)5-8-22-11-14(10-15(22)23)21-7-2-6-16(18,19)20/h1,3-4,9,14,21H,2,5-8,10-11H2/t14-/m1/s1. The molecule has 0 saturated carbocycles. The van der Waals surface area contributed by atoms with Crippen molar-refractivity contribution in [3.8, 4) is 0 Å². The number of alkyl halides is 3. The molecule has 1 heterocycles. The van der Waals surface area contributed by atoms with Crippen LogP contribution in [0.1, 0.15) is 24.8 Å². The molecule has 1 aromatic carbocycles. The molecule has 1 aromatic rings. The molecule has 0 unspecified atom stereocenters. The van der Waals surface area contributed by atoms with E-state index >= 15 is 0 Å². The SMILES string of the molecule is O=C1C[C@@H](NCCCC(F)(F)F)CN1CCc1cccc(Cl)c1. The Morgan fingerprint density at radius 3 is 2.83 bits per heavy atom. The van der Waals surface area contributed by atoms with Crippen LogP contribution in [0.4, 0.5) is 13.2 Å². The fourth-order valence-electron chi connectivity index (χ4n) is 2.68. The minimum Gasteiger partial charge on any atom is -0.341 e. The highest BCUT2D eigenvalue weighted by molar-refractivity contribution is 6.30. The van der Waals surface area contributed by atoms with Gasteiger partial charge in [0.25, 0.3) is 0 Å². The Hall–Kier alpha value is -1.27. The number of likely N-dealkylation sites (tertiary alicyclic amines) is 1. The fourth-order valence-corrected chi connectivity index (χ4v) is 2.89. The fraction of sp³-hybridized carbons (Fsp3) is 0.562. The van der Waals surface area contributed by atoms with Crippen molar-refractivity contribution in [2.75, 3.05) is 19.6 Å². The molecule has 1 aliphatic heterocycles. The summed E-state index contributed by atoms with van der Waals surface area (Å²) in [5.41, 5.74) is 1.06. The van der Waals surface area contributed by atoms with Gasteiger partial charge in [-0.2, -0.15) is 13.2 Å². The zero-order chi connectivity index (χ0) is 16.9. The van der Waals surface area contributed by atoms with Crippen LogP contribution in [0.2, 0.25) is 5.02 Å². The monoisotopic (exact) mass is 348 g/mol. The molecule has 3 nitrogen and oxygen atoms in total. The summed E-state index contributed by atoms with van der Waals surface area (Å²) in [4.78, 5) is 13.7. The van der Waals surface area contributed by atoms with Crippen molar-refractivity contribution < 1.29 is 18.0 Å². The minimum atomic E-state index is -4.11. The summed E-state index contributed by atoms with van der Waals surface area (Å²) in [6, 6.07) is 7.44. The Bertz CT molecular complexity index is 536. The zero-order valence-corrected chi connectivity index (χ0v) is 13.5. The number of hydrogen-bond donors (Lipinski definition) is 1. The smallest absolute Gasteiger partial charge is 0.341 e. The molecule has 1 fully saturated rings. The van der Waals surface area contributed by atoms with Gasteiger partial charge < -0.3 is 10.2 Å². The molecule has 0 aliphatic carbocycles. The topological polar surface area (TPSA) is 32.3 Å². The highest BCUT2D eigenvalue weighted by atomic mass is 35.5. The van der Waals surface area contributed by atoms with Crippen molar-refractivity contribution in [1.82, 2.24) is 10.2 Å². The van der Waals surface area contributed by atoms with E-state index < -0.39 is 12.6 Å². The molecule has 0 bridgehead atoms.